The van der Waals surface area contributed by atoms with Crippen molar-refractivity contribution in [3.8, 4) is 0 Å². The lowest BCUT2D eigenvalue weighted by molar-refractivity contribution is 0.0201. The van der Waals surface area contributed by atoms with Crippen molar-refractivity contribution in [2.75, 3.05) is 13.2 Å². The van der Waals surface area contributed by atoms with E-state index in [9.17, 15) is 0 Å². The first-order valence-corrected chi connectivity index (χ1v) is 7.70. The first kappa shape index (κ1) is 12.0. The van der Waals surface area contributed by atoms with E-state index in [1.54, 1.807) is 0 Å². The molecule has 4 rings (SSSR count). The Morgan fingerprint density at radius 3 is 2.89 bits per heavy atom. The van der Waals surface area contributed by atoms with Crippen LogP contribution in [0.1, 0.15) is 37.2 Å². The Kier molecular flexibility index (Phi) is 2.92. The maximum atomic E-state index is 6.21. The van der Waals surface area contributed by atoms with E-state index in [1.807, 2.05) is 6.92 Å². The van der Waals surface area contributed by atoms with E-state index in [2.05, 4.69) is 17.0 Å². The van der Waals surface area contributed by atoms with Crippen molar-refractivity contribution in [2.45, 2.75) is 51.3 Å². The van der Waals surface area contributed by atoms with Crippen molar-refractivity contribution < 1.29 is 9.15 Å². The van der Waals surface area contributed by atoms with Crippen LogP contribution in [0, 0.1) is 18.8 Å². The molecule has 19 heavy (non-hydrogen) atoms. The minimum atomic E-state index is 0.497. The zero-order valence-electron chi connectivity index (χ0n) is 11.7. The van der Waals surface area contributed by atoms with Crippen molar-refractivity contribution in [3.63, 3.8) is 0 Å². The monoisotopic (exact) mass is 261 g/mol. The molecule has 1 aliphatic heterocycles. The van der Waals surface area contributed by atoms with Gasteiger partial charge in [-0.15, -0.1) is 0 Å². The Morgan fingerprint density at radius 2 is 2.16 bits per heavy atom. The van der Waals surface area contributed by atoms with Crippen LogP contribution in [-0.4, -0.2) is 30.2 Å². The predicted molar refractivity (Wildman–Crippen MR) is 72.8 cm³/mol. The fraction of sp³-hybridized carbons (Fsp3) is 0.750. The van der Waals surface area contributed by atoms with Crippen LogP contribution in [0.5, 0.6) is 0 Å². The molecule has 2 aliphatic carbocycles. The van der Waals surface area contributed by atoms with Crippen molar-refractivity contribution in [3.05, 3.63) is 23.7 Å². The van der Waals surface area contributed by atoms with Gasteiger partial charge in [-0.05, 0) is 56.6 Å². The Labute approximate surface area is 114 Å². The highest BCUT2D eigenvalue weighted by Crippen LogP contribution is 2.41. The van der Waals surface area contributed by atoms with Gasteiger partial charge in [0, 0.05) is 19.2 Å². The third-order valence-electron chi connectivity index (χ3n) is 4.99. The van der Waals surface area contributed by atoms with Gasteiger partial charge in [-0.2, -0.15) is 0 Å². The van der Waals surface area contributed by atoms with Crippen molar-refractivity contribution in [1.82, 2.24) is 4.90 Å². The van der Waals surface area contributed by atoms with Crippen molar-refractivity contribution >= 4 is 0 Å². The second-order valence-corrected chi connectivity index (χ2v) is 6.59. The number of fused-ring (bicyclic) bond motifs is 2. The van der Waals surface area contributed by atoms with Crippen molar-refractivity contribution in [1.29, 1.82) is 0 Å². The number of furan rings is 1. The predicted octanol–water partition coefficient (Wildman–Crippen LogP) is 2.98. The minimum Gasteiger partial charge on any atom is -0.465 e. The summed E-state index contributed by atoms with van der Waals surface area (Å²) in [5.74, 6) is 3.76. The highest BCUT2D eigenvalue weighted by molar-refractivity contribution is 5.08. The first-order valence-electron chi connectivity index (χ1n) is 7.70. The summed E-state index contributed by atoms with van der Waals surface area (Å²) in [6.07, 6.45) is 5.93. The molecule has 0 amide bonds. The van der Waals surface area contributed by atoms with Gasteiger partial charge in [0.05, 0.1) is 12.6 Å². The zero-order chi connectivity index (χ0) is 12.8. The molecule has 1 saturated heterocycles. The number of hydrogen-bond acceptors (Lipinski definition) is 3. The molecule has 2 bridgehead atoms. The number of likely N-dealkylation sites (tertiary alicyclic amines) is 1. The van der Waals surface area contributed by atoms with Gasteiger partial charge in [-0.1, -0.05) is 0 Å². The highest BCUT2D eigenvalue weighted by Gasteiger charge is 2.48. The highest BCUT2D eigenvalue weighted by atomic mass is 16.5. The van der Waals surface area contributed by atoms with E-state index >= 15 is 0 Å². The standard InChI is InChI=1S/C16H23NO2/c1-11-2-6-14(19-11)9-17-8-13-5-7-15(17)16(13)18-10-12-3-4-12/h2,6,12-13,15-16H,3-5,7-10H2,1H3/t13-,15+,16-/m1/s1. The number of nitrogens with zero attached hydrogens (tertiary/aromatic N) is 1. The molecule has 104 valence electrons. The summed E-state index contributed by atoms with van der Waals surface area (Å²) in [4.78, 5) is 2.57. The Bertz CT molecular complexity index is 451. The summed E-state index contributed by atoms with van der Waals surface area (Å²) < 4.78 is 11.9. The fourth-order valence-electron chi connectivity index (χ4n) is 3.78. The summed E-state index contributed by atoms with van der Waals surface area (Å²) in [5.41, 5.74) is 0. The van der Waals surface area contributed by atoms with Gasteiger partial charge >= 0.3 is 0 Å². The van der Waals surface area contributed by atoms with Crippen LogP contribution >= 0.6 is 0 Å². The van der Waals surface area contributed by atoms with Crippen LogP contribution in [-0.2, 0) is 11.3 Å². The lowest BCUT2D eigenvalue weighted by Gasteiger charge is -2.26. The Hall–Kier alpha value is -0.800. The minimum absolute atomic E-state index is 0.497. The third kappa shape index (κ3) is 2.34. The summed E-state index contributed by atoms with van der Waals surface area (Å²) in [7, 11) is 0. The molecule has 0 aromatic carbocycles. The summed E-state index contributed by atoms with van der Waals surface area (Å²) in [6, 6.07) is 4.81. The maximum absolute atomic E-state index is 6.21. The maximum Gasteiger partial charge on any atom is 0.118 e. The van der Waals surface area contributed by atoms with Crippen LogP contribution in [0.4, 0.5) is 0 Å². The van der Waals surface area contributed by atoms with E-state index in [-0.39, 0.29) is 0 Å². The molecule has 0 N–H and O–H groups in total. The van der Waals surface area contributed by atoms with E-state index in [0.717, 1.165) is 36.5 Å². The van der Waals surface area contributed by atoms with Gasteiger partial charge in [0.1, 0.15) is 11.5 Å². The van der Waals surface area contributed by atoms with Crippen LogP contribution in [0.3, 0.4) is 0 Å². The Morgan fingerprint density at radius 1 is 1.26 bits per heavy atom. The van der Waals surface area contributed by atoms with E-state index < -0.39 is 0 Å². The molecule has 3 nitrogen and oxygen atoms in total. The molecule has 3 fully saturated rings. The fourth-order valence-corrected chi connectivity index (χ4v) is 3.78. The van der Waals surface area contributed by atoms with Crippen LogP contribution in [0.15, 0.2) is 16.5 Å². The second kappa shape index (κ2) is 4.64. The van der Waals surface area contributed by atoms with E-state index in [1.165, 1.54) is 32.2 Å². The molecule has 3 aliphatic rings. The average Bonchev–Trinajstić information content (AvgIpc) is 2.90. The number of hydrogen-bond donors (Lipinski definition) is 0. The van der Waals surface area contributed by atoms with Gasteiger partial charge in [0.2, 0.25) is 0 Å². The molecule has 3 heteroatoms. The average molecular weight is 261 g/mol. The molecule has 0 unspecified atom stereocenters. The van der Waals surface area contributed by atoms with E-state index in [0.29, 0.717) is 12.1 Å². The van der Waals surface area contributed by atoms with Gasteiger partial charge in [0.25, 0.3) is 0 Å². The van der Waals surface area contributed by atoms with Gasteiger partial charge < -0.3 is 9.15 Å². The summed E-state index contributed by atoms with van der Waals surface area (Å²) in [5, 5.41) is 0. The normalized spacial score (nSPS) is 34.3. The Balaban J connectivity index is 1.38. The van der Waals surface area contributed by atoms with Crippen LogP contribution in [0.2, 0.25) is 0 Å². The zero-order valence-corrected chi connectivity index (χ0v) is 11.7. The lowest BCUT2D eigenvalue weighted by Crippen LogP contribution is -2.34. The number of aryl methyl sites for hydroxylation is 1. The number of ether oxygens (including phenoxy) is 1. The molecular weight excluding hydrogens is 238 g/mol. The number of rotatable bonds is 5. The molecule has 2 heterocycles. The van der Waals surface area contributed by atoms with Crippen LogP contribution in [0.25, 0.3) is 0 Å². The number of piperidine rings is 1. The van der Waals surface area contributed by atoms with Gasteiger partial charge in [0.15, 0.2) is 0 Å². The third-order valence-corrected chi connectivity index (χ3v) is 4.99. The molecule has 3 atom stereocenters. The quantitative estimate of drug-likeness (QED) is 0.815. The molecule has 2 saturated carbocycles. The van der Waals surface area contributed by atoms with Crippen LogP contribution < -0.4 is 0 Å². The molecule has 0 spiro atoms. The molecular formula is C16H23NO2. The van der Waals surface area contributed by atoms with Gasteiger partial charge in [-0.25, -0.2) is 0 Å². The topological polar surface area (TPSA) is 25.6 Å². The van der Waals surface area contributed by atoms with Crippen molar-refractivity contribution in [2.24, 2.45) is 11.8 Å². The summed E-state index contributed by atoms with van der Waals surface area (Å²) >= 11 is 0. The van der Waals surface area contributed by atoms with E-state index in [4.69, 9.17) is 9.15 Å². The molecule has 1 aromatic rings. The smallest absolute Gasteiger partial charge is 0.118 e. The lowest BCUT2D eigenvalue weighted by atomic mass is 10.1. The molecule has 1 aromatic heterocycles. The first-order chi connectivity index (χ1) is 9.29. The second-order valence-electron chi connectivity index (χ2n) is 6.59. The molecule has 0 radical (unpaired) electrons. The largest absolute Gasteiger partial charge is 0.465 e. The van der Waals surface area contributed by atoms with Gasteiger partial charge in [-0.3, -0.25) is 4.90 Å². The summed E-state index contributed by atoms with van der Waals surface area (Å²) in [6.45, 7) is 5.17. The SMILES string of the molecule is Cc1ccc(CN2C[C@H]3CC[C@H]2[C@@H]3OCC2CC2)o1.